The van der Waals surface area contributed by atoms with E-state index in [1.54, 1.807) is 0 Å². The van der Waals surface area contributed by atoms with E-state index in [-0.39, 0.29) is 0 Å². The minimum Gasteiger partial charge on any atom is -0.493 e. The van der Waals surface area contributed by atoms with Crippen LogP contribution in [0.3, 0.4) is 0 Å². The number of ether oxygens (including phenoxy) is 1. The van der Waals surface area contributed by atoms with Crippen molar-refractivity contribution in [2.24, 2.45) is 4.99 Å². The Hall–Kier alpha value is -1.75. The van der Waals surface area contributed by atoms with Crippen LogP contribution in [0, 0.1) is 0 Å². The van der Waals surface area contributed by atoms with Gasteiger partial charge in [0, 0.05) is 37.6 Å². The van der Waals surface area contributed by atoms with Gasteiger partial charge in [-0.05, 0) is 50.8 Å². The molecule has 0 radical (unpaired) electrons. The van der Waals surface area contributed by atoms with Gasteiger partial charge in [0.05, 0.1) is 6.61 Å². The second kappa shape index (κ2) is 7.87. The molecular formula is C21H32N4O. The van der Waals surface area contributed by atoms with E-state index >= 15 is 0 Å². The summed E-state index contributed by atoms with van der Waals surface area (Å²) in [5.41, 5.74) is 1.32. The summed E-state index contributed by atoms with van der Waals surface area (Å²) in [5.74, 6) is 2.47. The quantitative estimate of drug-likeness (QED) is 0.646. The summed E-state index contributed by atoms with van der Waals surface area (Å²) in [4.78, 5) is 7.09. The second-order valence-electron chi connectivity index (χ2n) is 8.04. The Labute approximate surface area is 157 Å². The fourth-order valence-corrected chi connectivity index (χ4v) is 4.97. The van der Waals surface area contributed by atoms with Crippen molar-refractivity contribution in [1.82, 2.24) is 15.5 Å². The van der Waals surface area contributed by atoms with Crippen LogP contribution in [0.5, 0.6) is 5.75 Å². The van der Waals surface area contributed by atoms with Crippen LogP contribution in [0.4, 0.5) is 0 Å². The van der Waals surface area contributed by atoms with E-state index in [2.05, 4.69) is 45.8 Å². The van der Waals surface area contributed by atoms with Crippen LogP contribution >= 0.6 is 0 Å². The van der Waals surface area contributed by atoms with E-state index in [1.165, 1.54) is 37.7 Å². The van der Waals surface area contributed by atoms with Crippen molar-refractivity contribution >= 4 is 5.96 Å². The van der Waals surface area contributed by atoms with Gasteiger partial charge in [0.15, 0.2) is 5.96 Å². The van der Waals surface area contributed by atoms with Gasteiger partial charge in [0.25, 0.3) is 0 Å². The van der Waals surface area contributed by atoms with Crippen molar-refractivity contribution in [1.29, 1.82) is 0 Å². The first kappa shape index (κ1) is 17.7. The number of rotatable bonds is 3. The van der Waals surface area contributed by atoms with Gasteiger partial charge in [-0.15, -0.1) is 0 Å². The lowest BCUT2D eigenvalue weighted by Gasteiger charge is -2.47. The molecule has 0 spiro atoms. The molecule has 2 saturated heterocycles. The van der Waals surface area contributed by atoms with E-state index in [0.29, 0.717) is 12.0 Å². The highest BCUT2D eigenvalue weighted by Crippen LogP contribution is 2.33. The maximum Gasteiger partial charge on any atom is 0.191 e. The average molecular weight is 357 g/mol. The van der Waals surface area contributed by atoms with Gasteiger partial charge < -0.3 is 20.3 Å². The Balaban J connectivity index is 1.33. The molecule has 142 valence electrons. The Morgan fingerprint density at radius 1 is 1.19 bits per heavy atom. The predicted octanol–water partition coefficient (Wildman–Crippen LogP) is 2.73. The molecule has 2 N–H and O–H groups in total. The molecule has 0 saturated carbocycles. The minimum absolute atomic E-state index is 0.482. The molecule has 26 heavy (non-hydrogen) atoms. The maximum atomic E-state index is 5.78. The fourth-order valence-electron chi connectivity index (χ4n) is 4.97. The molecule has 3 heterocycles. The first-order chi connectivity index (χ1) is 12.7. The summed E-state index contributed by atoms with van der Waals surface area (Å²) in [6.45, 7) is 1.70. The smallest absolute Gasteiger partial charge is 0.191 e. The Morgan fingerprint density at radius 3 is 2.73 bits per heavy atom. The Morgan fingerprint density at radius 2 is 1.96 bits per heavy atom. The number of para-hydroxylation sites is 1. The highest BCUT2D eigenvalue weighted by Gasteiger charge is 2.36. The van der Waals surface area contributed by atoms with Crippen LogP contribution in [0.2, 0.25) is 0 Å². The summed E-state index contributed by atoms with van der Waals surface area (Å²) in [5, 5.41) is 7.27. The van der Waals surface area contributed by atoms with E-state index in [4.69, 9.17) is 4.74 Å². The number of hydrogen-bond acceptors (Lipinski definition) is 3. The Kier molecular flexibility index (Phi) is 5.34. The van der Waals surface area contributed by atoms with E-state index in [1.807, 2.05) is 13.1 Å². The van der Waals surface area contributed by atoms with Crippen LogP contribution < -0.4 is 15.4 Å². The van der Waals surface area contributed by atoms with Gasteiger partial charge in [-0.1, -0.05) is 24.6 Å². The van der Waals surface area contributed by atoms with Gasteiger partial charge in [0.2, 0.25) is 0 Å². The second-order valence-corrected chi connectivity index (χ2v) is 8.04. The highest BCUT2D eigenvalue weighted by molar-refractivity contribution is 5.80. The predicted molar refractivity (Wildman–Crippen MR) is 106 cm³/mol. The molecule has 0 aliphatic carbocycles. The van der Waals surface area contributed by atoms with Crippen LogP contribution in [-0.2, 0) is 0 Å². The van der Waals surface area contributed by atoms with Gasteiger partial charge >= 0.3 is 0 Å². The van der Waals surface area contributed by atoms with Crippen LogP contribution in [0.15, 0.2) is 29.3 Å². The third-order valence-electron chi connectivity index (χ3n) is 6.50. The lowest BCUT2D eigenvalue weighted by molar-refractivity contribution is 0.0526. The van der Waals surface area contributed by atoms with Crippen molar-refractivity contribution < 1.29 is 4.74 Å². The highest BCUT2D eigenvalue weighted by atomic mass is 16.5. The van der Waals surface area contributed by atoms with Crippen molar-refractivity contribution in [2.75, 3.05) is 27.2 Å². The molecule has 2 fully saturated rings. The van der Waals surface area contributed by atoms with Crippen LogP contribution in [0.1, 0.15) is 50.0 Å². The van der Waals surface area contributed by atoms with Gasteiger partial charge in [0.1, 0.15) is 5.75 Å². The van der Waals surface area contributed by atoms with Crippen molar-refractivity contribution in [3.63, 3.8) is 0 Å². The molecule has 4 rings (SSSR count). The molecule has 3 aliphatic rings. The number of nitrogens with zero attached hydrogens (tertiary/aromatic N) is 2. The summed E-state index contributed by atoms with van der Waals surface area (Å²) in [7, 11) is 4.18. The van der Waals surface area contributed by atoms with Crippen LogP contribution in [-0.4, -0.2) is 56.2 Å². The number of hydrogen-bond donors (Lipinski definition) is 2. The molecule has 2 bridgehead atoms. The van der Waals surface area contributed by atoms with E-state index < -0.39 is 0 Å². The summed E-state index contributed by atoms with van der Waals surface area (Å²) in [6.07, 6.45) is 7.59. The maximum absolute atomic E-state index is 5.78. The van der Waals surface area contributed by atoms with Crippen molar-refractivity contribution in [2.45, 2.75) is 62.6 Å². The zero-order valence-electron chi connectivity index (χ0n) is 16.1. The van der Waals surface area contributed by atoms with Crippen molar-refractivity contribution in [3.8, 4) is 5.75 Å². The molecule has 5 heteroatoms. The molecular weight excluding hydrogens is 324 g/mol. The standard InChI is InChI=1S/C21H32N4O/c1-22-21(24-16-12-17-6-5-7-18(13-16)25(17)2)23-14-15-10-11-26-20-9-4-3-8-19(15)20/h3-4,8-9,15-18H,5-7,10-14H2,1-2H3,(H2,22,23,24). The number of benzene rings is 1. The lowest BCUT2D eigenvalue weighted by atomic mass is 9.82. The largest absolute Gasteiger partial charge is 0.493 e. The first-order valence-electron chi connectivity index (χ1n) is 10.2. The average Bonchev–Trinajstić information content (AvgIpc) is 2.65. The summed E-state index contributed by atoms with van der Waals surface area (Å²) >= 11 is 0. The number of guanidine groups is 1. The number of fused-ring (bicyclic) bond motifs is 3. The van der Waals surface area contributed by atoms with Gasteiger partial charge in [-0.25, -0.2) is 0 Å². The number of aliphatic imine (C=N–C) groups is 1. The van der Waals surface area contributed by atoms with Crippen LogP contribution in [0.25, 0.3) is 0 Å². The third-order valence-corrected chi connectivity index (χ3v) is 6.50. The third kappa shape index (κ3) is 3.68. The molecule has 5 nitrogen and oxygen atoms in total. The normalized spacial score (nSPS) is 31.7. The molecule has 1 aromatic rings. The molecule has 0 aromatic heterocycles. The molecule has 3 atom stereocenters. The van der Waals surface area contributed by atoms with E-state index in [0.717, 1.165) is 43.4 Å². The number of nitrogens with one attached hydrogen (secondary N) is 2. The first-order valence-corrected chi connectivity index (χ1v) is 10.2. The molecule has 3 aliphatic heterocycles. The molecule has 3 unspecified atom stereocenters. The SMILES string of the molecule is CN=C(NCC1CCOc2ccccc21)NC1CC2CCCC(C1)N2C. The Bertz CT molecular complexity index is 633. The number of piperidine rings is 2. The lowest BCUT2D eigenvalue weighted by Crippen LogP contribution is -2.56. The molecule has 1 aromatic carbocycles. The fraction of sp³-hybridized carbons (Fsp3) is 0.667. The summed E-state index contributed by atoms with van der Waals surface area (Å²) < 4.78 is 5.78. The van der Waals surface area contributed by atoms with Crippen molar-refractivity contribution in [3.05, 3.63) is 29.8 Å². The topological polar surface area (TPSA) is 48.9 Å². The van der Waals surface area contributed by atoms with E-state index in [9.17, 15) is 0 Å². The monoisotopic (exact) mass is 356 g/mol. The zero-order chi connectivity index (χ0) is 17.9. The van der Waals surface area contributed by atoms with Gasteiger partial charge in [-0.3, -0.25) is 4.99 Å². The van der Waals surface area contributed by atoms with Gasteiger partial charge in [-0.2, -0.15) is 0 Å². The minimum atomic E-state index is 0.482. The zero-order valence-corrected chi connectivity index (χ0v) is 16.1. The molecule has 0 amide bonds. The summed E-state index contributed by atoms with van der Waals surface area (Å²) in [6, 6.07) is 10.4.